The highest BCUT2D eigenvalue weighted by Crippen LogP contribution is 2.46. The van der Waals surface area contributed by atoms with Gasteiger partial charge in [0.2, 0.25) is 16.9 Å². The van der Waals surface area contributed by atoms with Crippen molar-refractivity contribution >= 4 is 46.3 Å². The molecule has 2 aliphatic rings. The van der Waals surface area contributed by atoms with Crippen LogP contribution in [0.4, 0.5) is 0 Å². The van der Waals surface area contributed by atoms with E-state index in [1.807, 2.05) is 6.08 Å². The molecule has 1 aliphatic carbocycles. The predicted octanol–water partition coefficient (Wildman–Crippen LogP) is 0.506. The molecule has 0 saturated carbocycles. The van der Waals surface area contributed by atoms with Crippen LogP contribution in [0.2, 0.25) is 0 Å². The first-order valence-corrected chi connectivity index (χ1v) is 12.0. The Balaban J connectivity index is 2.40. The van der Waals surface area contributed by atoms with Gasteiger partial charge in [0, 0.05) is 24.5 Å². The van der Waals surface area contributed by atoms with Gasteiger partial charge >= 0.3 is 5.97 Å². The number of aliphatic hydroxyl groups excluding tert-OH is 1. The third-order valence-electron chi connectivity index (χ3n) is 6.22. The Morgan fingerprint density at radius 3 is 2.66 bits per heavy atom. The van der Waals surface area contributed by atoms with Gasteiger partial charge < -0.3 is 25.6 Å². The van der Waals surface area contributed by atoms with Gasteiger partial charge in [-0.2, -0.15) is 0 Å². The van der Waals surface area contributed by atoms with Crippen LogP contribution < -0.4 is 10.6 Å². The fraction of sp³-hybridized carbons (Fsp3) is 0.714. The van der Waals surface area contributed by atoms with Gasteiger partial charge in [0.05, 0.1) is 19.1 Å². The maximum Gasteiger partial charge on any atom is 0.329 e. The first-order valence-electron chi connectivity index (χ1n) is 10.5. The van der Waals surface area contributed by atoms with Crippen LogP contribution in [0.25, 0.3) is 0 Å². The second kappa shape index (κ2) is 11.0. The van der Waals surface area contributed by atoms with Crippen molar-refractivity contribution in [1.29, 1.82) is 0 Å². The number of aliphatic hydroxyl groups is 2. The van der Waals surface area contributed by atoms with Crippen molar-refractivity contribution < 1.29 is 34.1 Å². The molecule has 0 spiro atoms. The van der Waals surface area contributed by atoms with Crippen molar-refractivity contribution in [2.75, 3.05) is 18.7 Å². The molecule has 6 atom stereocenters. The second-order valence-corrected chi connectivity index (χ2v) is 9.69. The van der Waals surface area contributed by atoms with Crippen LogP contribution >= 0.6 is 23.4 Å². The van der Waals surface area contributed by atoms with E-state index in [4.69, 9.17) is 11.6 Å². The zero-order valence-corrected chi connectivity index (χ0v) is 20.0. The summed E-state index contributed by atoms with van der Waals surface area (Å²) in [4.78, 5) is 49.8. The average molecular weight is 491 g/mol. The molecule has 4 N–H and O–H groups in total. The number of esters is 1. The number of thioether (sulfide) groups is 1. The summed E-state index contributed by atoms with van der Waals surface area (Å²) in [7, 11) is 1.16. The predicted molar refractivity (Wildman–Crippen MR) is 120 cm³/mol. The lowest BCUT2D eigenvalue weighted by Crippen LogP contribution is -2.69. The summed E-state index contributed by atoms with van der Waals surface area (Å²) in [5, 5.41) is 27.1. The number of halogens is 1. The highest BCUT2D eigenvalue weighted by atomic mass is 35.5. The fourth-order valence-corrected chi connectivity index (χ4v) is 5.82. The third-order valence-corrected chi connectivity index (χ3v) is 7.52. The topological polar surface area (TPSA) is 142 Å². The Morgan fingerprint density at radius 2 is 2.12 bits per heavy atom. The van der Waals surface area contributed by atoms with Gasteiger partial charge in [0.1, 0.15) is 11.6 Å². The molecule has 0 aromatic heterocycles. The molecule has 1 heterocycles. The number of allylic oxidation sites excluding steroid dienone is 1. The maximum atomic E-state index is 13.6. The molecular weight excluding hydrogens is 460 g/mol. The lowest BCUT2D eigenvalue weighted by molar-refractivity contribution is -0.144. The molecule has 2 amide bonds. The van der Waals surface area contributed by atoms with Gasteiger partial charge in [-0.15, -0.1) is 11.6 Å². The average Bonchev–Trinajstić information content (AvgIpc) is 2.96. The number of amides is 2. The van der Waals surface area contributed by atoms with Crippen molar-refractivity contribution in [2.24, 2.45) is 11.8 Å². The summed E-state index contributed by atoms with van der Waals surface area (Å²) in [6.45, 7) is 2.57. The molecule has 0 bridgehead atoms. The molecule has 11 heteroatoms. The van der Waals surface area contributed by atoms with E-state index in [9.17, 15) is 29.4 Å². The van der Waals surface area contributed by atoms with E-state index in [1.165, 1.54) is 13.8 Å². The molecule has 2 rings (SSSR count). The van der Waals surface area contributed by atoms with Gasteiger partial charge in [-0.1, -0.05) is 23.9 Å². The Morgan fingerprint density at radius 1 is 1.44 bits per heavy atom. The van der Waals surface area contributed by atoms with Crippen molar-refractivity contribution in [1.82, 2.24) is 10.6 Å². The number of ether oxygens (including phenoxy) is 1. The Labute approximate surface area is 196 Å². The minimum Gasteiger partial charge on any atom is -0.467 e. The van der Waals surface area contributed by atoms with Gasteiger partial charge in [-0.3, -0.25) is 14.4 Å². The SMILES string of the molecule is COC(=O)[C@@H](CSC(=O)[C@]1([C@@H](O)[C@@H]2C=CCCC2)NC(=O)[C@H](CCCl)[C@]1(C)O)NC(C)=O. The maximum absolute atomic E-state index is 13.6. The van der Waals surface area contributed by atoms with E-state index in [1.54, 1.807) is 6.08 Å². The molecule has 180 valence electrons. The molecule has 1 saturated heterocycles. The molecular formula is C21H31ClN2O7S. The summed E-state index contributed by atoms with van der Waals surface area (Å²) in [5.74, 6) is -3.38. The first-order chi connectivity index (χ1) is 15.0. The molecule has 0 aromatic rings. The molecule has 9 nitrogen and oxygen atoms in total. The van der Waals surface area contributed by atoms with Gasteiger partial charge in [-0.05, 0) is 32.6 Å². The van der Waals surface area contributed by atoms with Gasteiger partial charge in [-0.25, -0.2) is 4.79 Å². The van der Waals surface area contributed by atoms with Gasteiger partial charge in [0.25, 0.3) is 0 Å². The lowest BCUT2D eigenvalue weighted by Gasteiger charge is -2.45. The van der Waals surface area contributed by atoms with E-state index >= 15 is 0 Å². The quantitative estimate of drug-likeness (QED) is 0.208. The zero-order chi connectivity index (χ0) is 24.1. The number of rotatable bonds is 9. The molecule has 1 aliphatic heterocycles. The summed E-state index contributed by atoms with van der Waals surface area (Å²) >= 11 is 6.47. The van der Waals surface area contributed by atoms with Crippen LogP contribution in [0.3, 0.4) is 0 Å². The Bertz CT molecular complexity index is 775. The molecule has 1 fully saturated rings. The second-order valence-electron chi connectivity index (χ2n) is 8.32. The van der Waals surface area contributed by atoms with Crippen LogP contribution in [0, 0.1) is 11.8 Å². The molecule has 0 aromatic carbocycles. The summed E-state index contributed by atoms with van der Waals surface area (Å²) in [6.07, 6.45) is 4.62. The van der Waals surface area contributed by atoms with Crippen LogP contribution in [0.15, 0.2) is 12.2 Å². The monoisotopic (exact) mass is 490 g/mol. The number of hydrogen-bond donors (Lipinski definition) is 4. The normalized spacial score (nSPS) is 31.5. The largest absolute Gasteiger partial charge is 0.467 e. The number of nitrogens with one attached hydrogen (secondary N) is 2. The van der Waals surface area contributed by atoms with E-state index < -0.39 is 58.0 Å². The number of carbonyl (C=O) groups excluding carboxylic acids is 4. The summed E-state index contributed by atoms with van der Waals surface area (Å²) in [5.41, 5.74) is -3.96. The number of hydrogen-bond acceptors (Lipinski definition) is 8. The Hall–Kier alpha value is -1.62. The van der Waals surface area contributed by atoms with E-state index in [2.05, 4.69) is 15.4 Å². The smallest absolute Gasteiger partial charge is 0.329 e. The zero-order valence-electron chi connectivity index (χ0n) is 18.4. The standard InChI is InChI=1S/C21H31ClN2O7S/c1-12(25)23-15(18(28)31-3)11-32-19(29)21(16(26)13-7-5-4-6-8-13)20(2,30)14(9-10-22)17(27)24-21/h5,7,13-16,26,30H,4,6,8-11H2,1-3H3,(H,23,25)(H,24,27)/t13-,14+,15-,16+,20+,21+/m1/s1. The van der Waals surface area contributed by atoms with Crippen LogP contribution in [0.5, 0.6) is 0 Å². The summed E-state index contributed by atoms with van der Waals surface area (Å²) < 4.78 is 4.68. The molecule has 32 heavy (non-hydrogen) atoms. The Kier molecular flexibility index (Phi) is 9.15. The van der Waals surface area contributed by atoms with Gasteiger partial charge in [0.15, 0.2) is 5.54 Å². The minimum atomic E-state index is -2.02. The van der Waals surface area contributed by atoms with Crippen molar-refractivity contribution in [3.8, 4) is 0 Å². The highest BCUT2D eigenvalue weighted by molar-refractivity contribution is 8.13. The van der Waals surface area contributed by atoms with Crippen molar-refractivity contribution in [2.45, 2.75) is 62.8 Å². The number of carbonyl (C=O) groups is 4. The summed E-state index contributed by atoms with van der Waals surface area (Å²) in [6, 6.07) is -1.11. The molecule has 0 radical (unpaired) electrons. The van der Waals surface area contributed by atoms with Crippen LogP contribution in [0.1, 0.15) is 39.5 Å². The first kappa shape index (κ1) is 26.6. The van der Waals surface area contributed by atoms with E-state index in [-0.39, 0.29) is 18.1 Å². The van der Waals surface area contributed by atoms with Crippen molar-refractivity contribution in [3.63, 3.8) is 0 Å². The fourth-order valence-electron chi connectivity index (χ4n) is 4.46. The number of methoxy groups -OCH3 is 1. The molecule has 0 unspecified atom stereocenters. The van der Waals surface area contributed by atoms with E-state index in [0.717, 1.165) is 20.0 Å². The van der Waals surface area contributed by atoms with Crippen LogP contribution in [-0.2, 0) is 23.9 Å². The number of alkyl halides is 1. The van der Waals surface area contributed by atoms with E-state index in [0.29, 0.717) is 18.2 Å². The highest BCUT2D eigenvalue weighted by Gasteiger charge is 2.68. The van der Waals surface area contributed by atoms with Crippen molar-refractivity contribution in [3.05, 3.63) is 12.2 Å². The minimum absolute atomic E-state index is 0.0814. The third kappa shape index (κ3) is 5.13. The lowest BCUT2D eigenvalue weighted by atomic mass is 9.69. The van der Waals surface area contributed by atoms with Crippen LogP contribution in [-0.4, -0.2) is 75.1 Å².